The van der Waals surface area contributed by atoms with Gasteiger partial charge in [0.15, 0.2) is 0 Å². The largest absolute Gasteiger partial charge is 0.360 e. The molecule has 0 saturated heterocycles. The third-order valence-electron chi connectivity index (χ3n) is 6.64. The van der Waals surface area contributed by atoms with Crippen LogP contribution in [0.1, 0.15) is 64.1 Å². The Kier molecular flexibility index (Phi) is 8.46. The topological polar surface area (TPSA) is 38.3 Å². The Balaban J connectivity index is 1.80. The van der Waals surface area contributed by atoms with E-state index in [1.54, 1.807) is 0 Å². The molecule has 1 amide bonds. The average Bonchev–Trinajstić information content (AvgIpc) is 2.83. The number of hydrogen-bond acceptors (Lipinski definition) is 2. The summed E-state index contributed by atoms with van der Waals surface area (Å²) in [5.74, 6) is 0.365. The van der Waals surface area contributed by atoms with Crippen LogP contribution < -0.4 is 5.32 Å². The van der Waals surface area contributed by atoms with Gasteiger partial charge < -0.3 is 10.1 Å². The molecule has 0 bridgehead atoms. The van der Waals surface area contributed by atoms with E-state index in [9.17, 15) is 4.79 Å². The molecule has 33 heavy (non-hydrogen) atoms. The fourth-order valence-electron chi connectivity index (χ4n) is 4.11. The number of carbonyl (C=O) groups excluding carboxylic acids is 1. The molecular formula is C30H37NO2. The molecule has 3 heteroatoms. The standard InChI is InChI=1S/C30H37NO2/c1-22(2)27-17-16-23(3)28(20-27)18-19-30(5,33-21-25-12-8-6-9-13-25)29(32)31-24(4)26-14-10-7-11-15-26/h6-16,18,24,27H,1,17,19-21H2,2-5H3,(H,31,32)/b28-18+/t24-,27+,30+/m0/s1. The number of nitrogens with one attached hydrogen (secondary N) is 1. The van der Waals surface area contributed by atoms with Crippen LogP contribution in [0.2, 0.25) is 0 Å². The van der Waals surface area contributed by atoms with Crippen LogP contribution in [-0.2, 0) is 16.1 Å². The molecule has 1 aliphatic rings. The maximum Gasteiger partial charge on any atom is 0.252 e. The maximum absolute atomic E-state index is 13.5. The van der Waals surface area contributed by atoms with Crippen LogP contribution in [0.4, 0.5) is 0 Å². The van der Waals surface area contributed by atoms with Gasteiger partial charge >= 0.3 is 0 Å². The van der Waals surface area contributed by atoms with E-state index < -0.39 is 5.60 Å². The van der Waals surface area contributed by atoms with Crippen molar-refractivity contribution in [2.24, 2.45) is 5.92 Å². The number of amides is 1. The lowest BCUT2D eigenvalue weighted by Crippen LogP contribution is -2.47. The second-order valence-electron chi connectivity index (χ2n) is 9.41. The predicted octanol–water partition coefficient (Wildman–Crippen LogP) is 7.09. The fraction of sp³-hybridized carbons (Fsp3) is 0.367. The molecule has 0 aromatic heterocycles. The number of allylic oxidation sites excluding steroid dienone is 4. The molecule has 2 aromatic carbocycles. The van der Waals surface area contributed by atoms with Crippen molar-refractivity contribution in [1.82, 2.24) is 5.32 Å². The van der Waals surface area contributed by atoms with Crippen molar-refractivity contribution in [2.45, 2.75) is 65.2 Å². The quantitative estimate of drug-likeness (QED) is 0.420. The first-order valence-corrected chi connectivity index (χ1v) is 11.8. The van der Waals surface area contributed by atoms with Gasteiger partial charge in [0.05, 0.1) is 12.6 Å². The summed E-state index contributed by atoms with van der Waals surface area (Å²) < 4.78 is 6.32. The van der Waals surface area contributed by atoms with Crippen LogP contribution in [-0.4, -0.2) is 11.5 Å². The highest BCUT2D eigenvalue weighted by molar-refractivity contribution is 5.85. The molecule has 0 spiro atoms. The van der Waals surface area contributed by atoms with Crippen LogP contribution in [0.25, 0.3) is 0 Å². The molecule has 1 N–H and O–H groups in total. The van der Waals surface area contributed by atoms with Crippen LogP contribution in [0.15, 0.2) is 96.1 Å². The van der Waals surface area contributed by atoms with Gasteiger partial charge in [0, 0.05) is 6.42 Å². The number of ether oxygens (including phenoxy) is 1. The summed E-state index contributed by atoms with van der Waals surface area (Å²) in [4.78, 5) is 13.5. The molecule has 0 unspecified atom stereocenters. The Hall–Kier alpha value is -2.91. The van der Waals surface area contributed by atoms with Gasteiger partial charge in [-0.1, -0.05) is 90.5 Å². The Labute approximate surface area is 199 Å². The molecule has 3 nitrogen and oxygen atoms in total. The number of rotatable bonds is 9. The highest BCUT2D eigenvalue weighted by Crippen LogP contribution is 2.33. The van der Waals surface area contributed by atoms with Gasteiger partial charge in [-0.2, -0.15) is 0 Å². The van der Waals surface area contributed by atoms with E-state index in [1.807, 2.05) is 74.5 Å². The molecule has 3 atom stereocenters. The maximum atomic E-state index is 13.5. The van der Waals surface area contributed by atoms with E-state index >= 15 is 0 Å². The molecular weight excluding hydrogens is 406 g/mol. The van der Waals surface area contributed by atoms with Gasteiger partial charge in [-0.15, -0.1) is 0 Å². The number of benzene rings is 2. The lowest BCUT2D eigenvalue weighted by molar-refractivity contribution is -0.147. The summed E-state index contributed by atoms with van der Waals surface area (Å²) in [7, 11) is 0. The summed E-state index contributed by atoms with van der Waals surface area (Å²) in [5.41, 5.74) is 4.93. The van der Waals surface area contributed by atoms with Gasteiger partial charge in [0.1, 0.15) is 5.60 Å². The zero-order valence-electron chi connectivity index (χ0n) is 20.4. The first kappa shape index (κ1) is 24.7. The minimum Gasteiger partial charge on any atom is -0.360 e. The van der Waals surface area contributed by atoms with Crippen molar-refractivity contribution >= 4 is 5.91 Å². The van der Waals surface area contributed by atoms with Gasteiger partial charge in [-0.3, -0.25) is 4.79 Å². The van der Waals surface area contributed by atoms with Gasteiger partial charge in [0.2, 0.25) is 0 Å². The van der Waals surface area contributed by atoms with Crippen molar-refractivity contribution in [3.05, 3.63) is 107 Å². The summed E-state index contributed by atoms with van der Waals surface area (Å²) in [6.07, 6.45) is 6.99. The van der Waals surface area contributed by atoms with Gasteiger partial charge in [-0.05, 0) is 63.2 Å². The monoisotopic (exact) mass is 443 g/mol. The Morgan fingerprint density at radius 3 is 2.45 bits per heavy atom. The van der Waals surface area contributed by atoms with Crippen LogP contribution in [0.3, 0.4) is 0 Å². The Morgan fingerprint density at radius 1 is 1.18 bits per heavy atom. The van der Waals surface area contributed by atoms with E-state index in [1.165, 1.54) is 16.7 Å². The average molecular weight is 444 g/mol. The normalized spacial score (nSPS) is 19.9. The predicted molar refractivity (Wildman–Crippen MR) is 137 cm³/mol. The third kappa shape index (κ3) is 6.79. The molecule has 2 aromatic rings. The van der Waals surface area contributed by atoms with Crippen LogP contribution in [0.5, 0.6) is 0 Å². The van der Waals surface area contributed by atoms with Crippen LogP contribution >= 0.6 is 0 Å². The summed E-state index contributed by atoms with van der Waals surface area (Å²) in [5, 5.41) is 3.18. The second-order valence-corrected chi connectivity index (χ2v) is 9.41. The highest BCUT2D eigenvalue weighted by Gasteiger charge is 2.35. The Bertz CT molecular complexity index is 1010. The zero-order valence-corrected chi connectivity index (χ0v) is 20.4. The Morgan fingerprint density at radius 2 is 1.82 bits per heavy atom. The second kappa shape index (κ2) is 11.3. The van der Waals surface area contributed by atoms with E-state index in [0.717, 1.165) is 24.0 Å². The van der Waals surface area contributed by atoms with E-state index in [0.29, 0.717) is 18.9 Å². The highest BCUT2D eigenvalue weighted by atomic mass is 16.5. The summed E-state index contributed by atoms with van der Waals surface area (Å²) >= 11 is 0. The molecule has 1 aliphatic carbocycles. The SMILES string of the molecule is C=C(C)[C@@H]1CC=C(C)/C(=C/C[C@@](C)(OCc2ccccc2)C(=O)N[C@@H](C)c2ccccc2)C1. The number of carbonyl (C=O) groups is 1. The van der Waals surface area contributed by atoms with Crippen molar-refractivity contribution in [3.63, 3.8) is 0 Å². The molecule has 0 fully saturated rings. The molecule has 0 radical (unpaired) electrons. The molecule has 0 saturated carbocycles. The van der Waals surface area contributed by atoms with Gasteiger partial charge in [0.25, 0.3) is 5.91 Å². The van der Waals surface area contributed by atoms with Crippen molar-refractivity contribution in [1.29, 1.82) is 0 Å². The summed E-state index contributed by atoms with van der Waals surface area (Å²) in [6.45, 7) is 12.7. The smallest absolute Gasteiger partial charge is 0.252 e. The minimum atomic E-state index is -0.984. The van der Waals surface area contributed by atoms with Crippen molar-refractivity contribution in [2.75, 3.05) is 0 Å². The third-order valence-corrected chi connectivity index (χ3v) is 6.64. The molecule has 174 valence electrons. The minimum absolute atomic E-state index is 0.0967. The van der Waals surface area contributed by atoms with Crippen molar-refractivity contribution in [3.8, 4) is 0 Å². The van der Waals surface area contributed by atoms with Crippen molar-refractivity contribution < 1.29 is 9.53 Å². The first-order chi connectivity index (χ1) is 15.8. The molecule has 0 aliphatic heterocycles. The lowest BCUT2D eigenvalue weighted by Gasteiger charge is -2.31. The molecule has 0 heterocycles. The van der Waals surface area contributed by atoms with E-state index in [4.69, 9.17) is 4.74 Å². The first-order valence-electron chi connectivity index (χ1n) is 11.8. The number of hydrogen-bond donors (Lipinski definition) is 1. The lowest BCUT2D eigenvalue weighted by atomic mass is 9.81. The zero-order chi connectivity index (χ0) is 23.8. The fourth-order valence-corrected chi connectivity index (χ4v) is 4.11. The van der Waals surface area contributed by atoms with E-state index in [-0.39, 0.29) is 11.9 Å². The summed E-state index contributed by atoms with van der Waals surface area (Å²) in [6, 6.07) is 19.9. The van der Waals surface area contributed by atoms with Crippen LogP contribution in [0, 0.1) is 5.92 Å². The van der Waals surface area contributed by atoms with Gasteiger partial charge in [-0.25, -0.2) is 0 Å². The molecule has 3 rings (SSSR count). The van der Waals surface area contributed by atoms with E-state index in [2.05, 4.69) is 37.9 Å².